The smallest absolute Gasteiger partial charge is 0.170 e. The van der Waals surface area contributed by atoms with Crippen molar-refractivity contribution in [2.24, 2.45) is 0 Å². The Morgan fingerprint density at radius 3 is 2.50 bits per heavy atom. The zero-order chi connectivity index (χ0) is 14.7. The van der Waals surface area contributed by atoms with Crippen LogP contribution in [0.25, 0.3) is 0 Å². The molecular formula is C17H20FNO. The molecule has 106 valence electrons. The van der Waals surface area contributed by atoms with Gasteiger partial charge in [-0.3, -0.25) is 0 Å². The third-order valence-electron chi connectivity index (χ3n) is 3.56. The summed E-state index contributed by atoms with van der Waals surface area (Å²) in [5.74, 6) is -0.0386. The Morgan fingerprint density at radius 1 is 1.10 bits per heavy atom. The Hall–Kier alpha value is -1.87. The van der Waals surface area contributed by atoms with E-state index in [4.69, 9.17) is 4.74 Å². The minimum Gasteiger partial charge on any atom is -0.494 e. The maximum Gasteiger partial charge on any atom is 0.170 e. The van der Waals surface area contributed by atoms with Crippen LogP contribution in [0.2, 0.25) is 0 Å². The zero-order valence-corrected chi connectivity index (χ0v) is 12.3. The van der Waals surface area contributed by atoms with E-state index in [2.05, 4.69) is 23.5 Å². The first kappa shape index (κ1) is 14.5. The van der Waals surface area contributed by atoms with E-state index < -0.39 is 0 Å². The zero-order valence-electron chi connectivity index (χ0n) is 12.3. The van der Waals surface area contributed by atoms with Crippen LogP contribution in [0.4, 0.5) is 4.39 Å². The predicted octanol–water partition coefficient (Wildman–Crippen LogP) is 3.76. The normalized spacial score (nSPS) is 12.2. The van der Waals surface area contributed by atoms with Gasteiger partial charge >= 0.3 is 0 Å². The number of benzene rings is 2. The van der Waals surface area contributed by atoms with Crippen molar-refractivity contribution >= 4 is 0 Å². The molecule has 0 radical (unpaired) electrons. The van der Waals surface area contributed by atoms with Gasteiger partial charge in [0.05, 0.1) is 13.2 Å². The molecule has 0 fully saturated rings. The maximum atomic E-state index is 14.5. The molecule has 0 heterocycles. The van der Waals surface area contributed by atoms with Gasteiger partial charge in [-0.15, -0.1) is 0 Å². The number of hydrogen-bond acceptors (Lipinski definition) is 2. The van der Waals surface area contributed by atoms with E-state index in [1.807, 2.05) is 27.0 Å². The molecule has 0 aliphatic carbocycles. The van der Waals surface area contributed by atoms with E-state index >= 15 is 0 Å². The van der Waals surface area contributed by atoms with Gasteiger partial charge in [0.25, 0.3) is 0 Å². The van der Waals surface area contributed by atoms with Crippen LogP contribution in [0.1, 0.15) is 28.3 Å². The third-order valence-corrected chi connectivity index (χ3v) is 3.56. The van der Waals surface area contributed by atoms with Crippen molar-refractivity contribution in [3.8, 4) is 5.75 Å². The summed E-state index contributed by atoms with van der Waals surface area (Å²) < 4.78 is 19.5. The maximum absolute atomic E-state index is 14.5. The summed E-state index contributed by atoms with van der Waals surface area (Å²) in [6.45, 7) is 4.08. The molecule has 3 heteroatoms. The van der Waals surface area contributed by atoms with E-state index in [0.29, 0.717) is 5.56 Å². The van der Waals surface area contributed by atoms with Gasteiger partial charge in [0.15, 0.2) is 11.6 Å². The van der Waals surface area contributed by atoms with Crippen molar-refractivity contribution in [3.05, 3.63) is 64.5 Å². The van der Waals surface area contributed by atoms with Gasteiger partial charge in [0.2, 0.25) is 0 Å². The molecule has 1 unspecified atom stereocenters. The highest BCUT2D eigenvalue weighted by Gasteiger charge is 2.20. The van der Waals surface area contributed by atoms with E-state index in [9.17, 15) is 4.39 Å². The fourth-order valence-electron chi connectivity index (χ4n) is 2.46. The Morgan fingerprint density at radius 2 is 1.85 bits per heavy atom. The number of halogens is 1. The van der Waals surface area contributed by atoms with Gasteiger partial charge in [-0.05, 0) is 38.1 Å². The number of ether oxygens (including phenoxy) is 1. The third kappa shape index (κ3) is 2.68. The van der Waals surface area contributed by atoms with Crippen molar-refractivity contribution in [1.82, 2.24) is 5.32 Å². The van der Waals surface area contributed by atoms with Crippen LogP contribution >= 0.6 is 0 Å². The van der Waals surface area contributed by atoms with Crippen LogP contribution in [0, 0.1) is 19.7 Å². The number of aryl methyl sites for hydroxylation is 2. The molecule has 2 rings (SSSR count). The molecule has 0 spiro atoms. The number of hydrogen-bond donors (Lipinski definition) is 1. The number of methoxy groups -OCH3 is 1. The van der Waals surface area contributed by atoms with Crippen LogP contribution in [0.3, 0.4) is 0 Å². The second-order valence-corrected chi connectivity index (χ2v) is 4.95. The lowest BCUT2D eigenvalue weighted by atomic mass is 9.93. The lowest BCUT2D eigenvalue weighted by Gasteiger charge is -2.21. The average Bonchev–Trinajstić information content (AvgIpc) is 2.45. The molecule has 2 nitrogen and oxygen atoms in total. The van der Waals surface area contributed by atoms with Crippen molar-refractivity contribution in [2.75, 3.05) is 14.2 Å². The molecule has 0 amide bonds. The van der Waals surface area contributed by atoms with Crippen molar-refractivity contribution in [1.29, 1.82) is 0 Å². The molecule has 0 aliphatic heterocycles. The summed E-state index contributed by atoms with van der Waals surface area (Å²) in [7, 11) is 3.32. The summed E-state index contributed by atoms with van der Waals surface area (Å²) in [5.41, 5.74) is 3.98. The van der Waals surface area contributed by atoms with Crippen LogP contribution in [0.15, 0.2) is 36.4 Å². The van der Waals surface area contributed by atoms with Crippen LogP contribution < -0.4 is 10.1 Å². The average molecular weight is 273 g/mol. The van der Waals surface area contributed by atoms with E-state index in [0.717, 1.165) is 16.7 Å². The van der Waals surface area contributed by atoms with Gasteiger partial charge in [0.1, 0.15) is 0 Å². The topological polar surface area (TPSA) is 21.3 Å². The van der Waals surface area contributed by atoms with E-state index in [1.54, 1.807) is 12.1 Å². The molecule has 2 aromatic carbocycles. The van der Waals surface area contributed by atoms with Crippen molar-refractivity contribution < 1.29 is 9.13 Å². The Kier molecular flexibility index (Phi) is 4.40. The number of nitrogens with one attached hydrogen (secondary N) is 1. The second-order valence-electron chi connectivity index (χ2n) is 4.95. The Balaban J connectivity index is 2.55. The van der Waals surface area contributed by atoms with Gasteiger partial charge in [-0.2, -0.15) is 0 Å². The van der Waals surface area contributed by atoms with Gasteiger partial charge in [0, 0.05) is 5.56 Å². The van der Waals surface area contributed by atoms with Crippen LogP contribution in [-0.4, -0.2) is 14.2 Å². The first-order chi connectivity index (χ1) is 9.58. The standard InChI is InChI=1S/C17H20FNO/c1-11-8-9-12(2)14(10-11)17(19-3)13-6-5-7-15(20-4)16(13)18/h5-10,17,19H,1-4H3. The molecular weight excluding hydrogens is 253 g/mol. The molecule has 2 aromatic rings. The minimum absolute atomic E-state index is 0.190. The van der Waals surface area contributed by atoms with E-state index in [1.165, 1.54) is 7.11 Å². The summed E-state index contributed by atoms with van der Waals surface area (Å²) >= 11 is 0. The molecule has 20 heavy (non-hydrogen) atoms. The molecule has 0 aliphatic rings. The first-order valence-corrected chi connectivity index (χ1v) is 6.65. The van der Waals surface area contributed by atoms with Crippen molar-refractivity contribution in [2.45, 2.75) is 19.9 Å². The molecule has 0 saturated heterocycles. The molecule has 0 aromatic heterocycles. The highest BCUT2D eigenvalue weighted by atomic mass is 19.1. The Bertz CT molecular complexity index is 610. The summed E-state index contributed by atoms with van der Waals surface area (Å²) in [5, 5.41) is 3.20. The molecule has 1 atom stereocenters. The minimum atomic E-state index is -0.310. The lowest BCUT2D eigenvalue weighted by Crippen LogP contribution is -2.20. The SMILES string of the molecule is CNC(c1cc(C)ccc1C)c1cccc(OC)c1F. The quantitative estimate of drug-likeness (QED) is 0.915. The largest absolute Gasteiger partial charge is 0.494 e. The molecule has 0 saturated carbocycles. The predicted molar refractivity (Wildman–Crippen MR) is 79.8 cm³/mol. The lowest BCUT2D eigenvalue weighted by molar-refractivity contribution is 0.382. The van der Waals surface area contributed by atoms with Gasteiger partial charge < -0.3 is 10.1 Å². The second kappa shape index (κ2) is 6.06. The van der Waals surface area contributed by atoms with E-state index in [-0.39, 0.29) is 17.6 Å². The fourth-order valence-corrected chi connectivity index (χ4v) is 2.46. The molecule has 1 N–H and O–H groups in total. The molecule has 0 bridgehead atoms. The van der Waals surface area contributed by atoms with Crippen LogP contribution in [-0.2, 0) is 0 Å². The summed E-state index contributed by atoms with van der Waals surface area (Å²) in [6.07, 6.45) is 0. The highest BCUT2D eigenvalue weighted by Crippen LogP contribution is 2.31. The monoisotopic (exact) mass is 273 g/mol. The first-order valence-electron chi connectivity index (χ1n) is 6.65. The van der Waals surface area contributed by atoms with Crippen molar-refractivity contribution in [3.63, 3.8) is 0 Å². The van der Waals surface area contributed by atoms with Gasteiger partial charge in [-0.25, -0.2) is 4.39 Å². The van der Waals surface area contributed by atoms with Gasteiger partial charge in [-0.1, -0.05) is 35.9 Å². The van der Waals surface area contributed by atoms with Crippen LogP contribution in [0.5, 0.6) is 5.75 Å². The summed E-state index contributed by atoms with van der Waals surface area (Å²) in [6, 6.07) is 11.3. The highest BCUT2D eigenvalue weighted by molar-refractivity contribution is 5.42. The summed E-state index contributed by atoms with van der Waals surface area (Å²) in [4.78, 5) is 0. The number of rotatable bonds is 4. The Labute approximate surface area is 119 Å². The fraction of sp³-hybridized carbons (Fsp3) is 0.294.